The average molecular weight is 166 g/mol. The Morgan fingerprint density at radius 1 is 1.44 bits per heavy atom. The summed E-state index contributed by atoms with van der Waals surface area (Å²) in [7, 11) is -0.263. The molecule has 9 heavy (non-hydrogen) atoms. The van der Waals surface area contributed by atoms with Crippen LogP contribution in [0.4, 0.5) is 0 Å². The van der Waals surface area contributed by atoms with Gasteiger partial charge >= 0.3 is 0 Å². The van der Waals surface area contributed by atoms with E-state index in [0.29, 0.717) is 0 Å². The van der Waals surface area contributed by atoms with Gasteiger partial charge in [0, 0.05) is 15.5 Å². The van der Waals surface area contributed by atoms with Crippen LogP contribution < -0.4 is 0 Å². The van der Waals surface area contributed by atoms with Crippen molar-refractivity contribution >= 4 is 20.9 Å². The van der Waals surface area contributed by atoms with Crippen LogP contribution in [0.5, 0.6) is 0 Å². The minimum Gasteiger partial charge on any atom is -0.307 e. The van der Waals surface area contributed by atoms with Crippen molar-refractivity contribution in [2.24, 2.45) is 0 Å². The van der Waals surface area contributed by atoms with Crippen LogP contribution in [0, 0.1) is 0 Å². The predicted molar refractivity (Wildman–Crippen MR) is 46.1 cm³/mol. The van der Waals surface area contributed by atoms with Crippen LogP contribution >= 0.6 is 0 Å². The molecular formula is C6H14OS2. The van der Waals surface area contributed by atoms with E-state index in [2.05, 4.69) is 0 Å². The van der Waals surface area contributed by atoms with Crippen LogP contribution in [0.2, 0.25) is 0 Å². The molecule has 0 fully saturated rings. The van der Waals surface area contributed by atoms with Crippen molar-refractivity contribution in [3.63, 3.8) is 0 Å². The lowest BCUT2D eigenvalue weighted by molar-refractivity contribution is 0.162. The van der Waals surface area contributed by atoms with E-state index in [0.717, 1.165) is 5.75 Å². The van der Waals surface area contributed by atoms with Crippen molar-refractivity contribution in [1.82, 2.24) is 0 Å². The average Bonchev–Trinajstić information content (AvgIpc) is 1.62. The Balaban J connectivity index is 3.60. The molecule has 56 valence electrons. The maximum absolute atomic E-state index is 5.43. The lowest BCUT2D eigenvalue weighted by Crippen LogP contribution is -2.20. The summed E-state index contributed by atoms with van der Waals surface area (Å²) in [6, 6.07) is 0. The highest BCUT2D eigenvalue weighted by Gasteiger charge is 2.11. The molecule has 0 aliphatic carbocycles. The first-order valence-corrected chi connectivity index (χ1v) is 5.28. The third-order valence-electron chi connectivity index (χ3n) is 0.579. The van der Waals surface area contributed by atoms with Gasteiger partial charge in [0.1, 0.15) is 0 Å². The second kappa shape index (κ2) is 3.64. The van der Waals surface area contributed by atoms with Crippen LogP contribution in [0.15, 0.2) is 0 Å². The fourth-order valence-electron chi connectivity index (χ4n) is 0.338. The maximum Gasteiger partial charge on any atom is 0.0748 e. The van der Waals surface area contributed by atoms with Crippen molar-refractivity contribution in [3.05, 3.63) is 0 Å². The second-order valence-corrected chi connectivity index (χ2v) is 5.25. The Labute approximate surface area is 64.6 Å². The fourth-order valence-corrected chi connectivity index (χ4v) is 1.63. The largest absolute Gasteiger partial charge is 0.307 e. The highest BCUT2D eigenvalue weighted by atomic mass is 32.8. The van der Waals surface area contributed by atoms with Gasteiger partial charge < -0.3 is 4.18 Å². The summed E-state index contributed by atoms with van der Waals surface area (Å²) in [5, 5.41) is 0. The molecule has 0 aromatic heterocycles. The predicted octanol–water partition coefficient (Wildman–Crippen LogP) is 1.82. The van der Waals surface area contributed by atoms with E-state index in [-0.39, 0.29) is 15.3 Å². The molecule has 0 spiro atoms. The van der Waals surface area contributed by atoms with Gasteiger partial charge in [-0.05, 0) is 32.0 Å². The first-order valence-electron chi connectivity index (χ1n) is 3.03. The van der Waals surface area contributed by atoms with Gasteiger partial charge in [-0.25, -0.2) is 0 Å². The summed E-state index contributed by atoms with van der Waals surface area (Å²) in [4.78, 5) is 0. The van der Waals surface area contributed by atoms with E-state index in [1.165, 1.54) is 0 Å². The molecular weight excluding hydrogens is 152 g/mol. The zero-order valence-corrected chi connectivity index (χ0v) is 8.06. The lowest BCUT2D eigenvalue weighted by atomic mass is 10.2. The van der Waals surface area contributed by atoms with Gasteiger partial charge in [0.2, 0.25) is 0 Å². The van der Waals surface area contributed by atoms with Crippen LogP contribution in [0.3, 0.4) is 0 Å². The standard InChI is InChI=1S/C6H14OS2/c1-5-9(8)7-6(2,3)4/h5H2,1-4H3. The molecule has 1 nitrogen and oxygen atoms in total. The van der Waals surface area contributed by atoms with Gasteiger partial charge in [-0.15, -0.1) is 0 Å². The zero-order valence-electron chi connectivity index (χ0n) is 6.43. The molecule has 0 aromatic rings. The maximum atomic E-state index is 5.43. The third kappa shape index (κ3) is 6.41. The molecule has 0 aliphatic heterocycles. The minimum atomic E-state index is -0.263. The Kier molecular flexibility index (Phi) is 3.85. The molecule has 0 aliphatic rings. The molecule has 0 aromatic carbocycles. The summed E-state index contributed by atoms with van der Waals surface area (Å²) in [6.07, 6.45) is 0. The SMILES string of the molecule is CCS(=S)OC(C)(C)C. The molecule has 0 saturated carbocycles. The summed E-state index contributed by atoms with van der Waals surface area (Å²) in [5.41, 5.74) is -0.0686. The molecule has 3 heteroatoms. The first-order chi connectivity index (χ1) is 3.95. The van der Waals surface area contributed by atoms with Crippen molar-refractivity contribution in [3.8, 4) is 0 Å². The quantitative estimate of drug-likeness (QED) is 0.619. The number of hydrogen-bond acceptors (Lipinski definition) is 2. The topological polar surface area (TPSA) is 9.23 Å². The summed E-state index contributed by atoms with van der Waals surface area (Å²) in [6.45, 7) is 8.11. The van der Waals surface area contributed by atoms with Gasteiger partial charge in [-0.3, -0.25) is 0 Å². The molecule has 0 heterocycles. The van der Waals surface area contributed by atoms with E-state index in [4.69, 9.17) is 15.4 Å². The highest BCUT2D eigenvalue weighted by molar-refractivity contribution is 8.26. The van der Waals surface area contributed by atoms with Crippen molar-refractivity contribution < 1.29 is 4.18 Å². The first kappa shape index (κ1) is 9.53. The number of rotatable bonds is 2. The minimum absolute atomic E-state index is 0.0686. The second-order valence-electron chi connectivity index (χ2n) is 2.79. The molecule has 1 unspecified atom stereocenters. The smallest absolute Gasteiger partial charge is 0.0748 e. The van der Waals surface area contributed by atoms with Gasteiger partial charge in [-0.1, -0.05) is 6.92 Å². The Morgan fingerprint density at radius 2 is 1.89 bits per heavy atom. The molecule has 0 N–H and O–H groups in total. The van der Waals surface area contributed by atoms with Gasteiger partial charge in [0.15, 0.2) is 0 Å². The third-order valence-corrected chi connectivity index (χ3v) is 2.65. The number of hydrogen-bond donors (Lipinski definition) is 0. The summed E-state index contributed by atoms with van der Waals surface area (Å²) < 4.78 is 5.43. The van der Waals surface area contributed by atoms with E-state index >= 15 is 0 Å². The molecule has 0 rings (SSSR count). The molecule has 0 saturated heterocycles. The van der Waals surface area contributed by atoms with Crippen molar-refractivity contribution in [1.29, 1.82) is 0 Å². The van der Waals surface area contributed by atoms with E-state index in [1.807, 2.05) is 27.7 Å². The molecule has 0 radical (unpaired) electrons. The zero-order chi connectivity index (χ0) is 7.49. The Hall–Kier alpha value is 0.530. The Morgan fingerprint density at radius 3 is 2.00 bits per heavy atom. The van der Waals surface area contributed by atoms with E-state index < -0.39 is 0 Å². The van der Waals surface area contributed by atoms with Gasteiger partial charge in [0.05, 0.1) is 5.60 Å². The fraction of sp³-hybridized carbons (Fsp3) is 1.00. The van der Waals surface area contributed by atoms with Crippen LogP contribution in [-0.2, 0) is 25.1 Å². The monoisotopic (exact) mass is 166 g/mol. The molecule has 1 atom stereocenters. The summed E-state index contributed by atoms with van der Waals surface area (Å²) >= 11 is 4.99. The van der Waals surface area contributed by atoms with Crippen molar-refractivity contribution in [2.75, 3.05) is 5.75 Å². The van der Waals surface area contributed by atoms with Crippen LogP contribution in [-0.4, -0.2) is 11.4 Å². The van der Waals surface area contributed by atoms with Crippen LogP contribution in [0.1, 0.15) is 27.7 Å². The molecule has 0 bridgehead atoms. The van der Waals surface area contributed by atoms with Gasteiger partial charge in [-0.2, -0.15) is 0 Å². The summed E-state index contributed by atoms with van der Waals surface area (Å²) in [5.74, 6) is 0.937. The molecule has 0 amide bonds. The van der Waals surface area contributed by atoms with Gasteiger partial charge in [0.25, 0.3) is 0 Å². The lowest BCUT2D eigenvalue weighted by Gasteiger charge is -2.18. The Bertz CT molecular complexity index is 104. The van der Waals surface area contributed by atoms with Crippen molar-refractivity contribution in [2.45, 2.75) is 33.3 Å². The normalized spacial score (nSPS) is 15.6. The van der Waals surface area contributed by atoms with E-state index in [9.17, 15) is 0 Å². The van der Waals surface area contributed by atoms with E-state index in [1.54, 1.807) is 0 Å². The highest BCUT2D eigenvalue weighted by Crippen LogP contribution is 2.08. The van der Waals surface area contributed by atoms with Crippen LogP contribution in [0.25, 0.3) is 0 Å².